The number of hydrogen-bond donors (Lipinski definition) is 0. The zero-order valence-corrected chi connectivity index (χ0v) is 21.5. The molecule has 1 atom stereocenters. The van der Waals surface area contributed by atoms with Gasteiger partial charge in [-0.25, -0.2) is 4.98 Å². The van der Waals surface area contributed by atoms with E-state index in [9.17, 15) is 9.59 Å². The van der Waals surface area contributed by atoms with Gasteiger partial charge in [0.25, 0.3) is 5.56 Å². The van der Waals surface area contributed by atoms with E-state index in [1.165, 1.54) is 0 Å². The minimum Gasteiger partial charge on any atom is -0.332 e. The highest BCUT2D eigenvalue weighted by Gasteiger charge is 2.29. The van der Waals surface area contributed by atoms with Gasteiger partial charge in [-0.05, 0) is 55.2 Å². The number of carbonyl (C=O) groups is 1. The molecule has 0 aliphatic carbocycles. The van der Waals surface area contributed by atoms with Gasteiger partial charge in [-0.15, -0.1) is 0 Å². The van der Waals surface area contributed by atoms with Crippen LogP contribution in [0, 0.1) is 5.92 Å². The Hall–Kier alpha value is -2.66. The van der Waals surface area contributed by atoms with Crippen molar-refractivity contribution >= 4 is 28.4 Å². The number of unbranched alkanes of at least 4 members (excludes halogenated alkanes) is 3. The lowest BCUT2D eigenvalue weighted by molar-refractivity contribution is -0.135. The molecule has 0 radical (unpaired) electrons. The topological polar surface area (TPSA) is 55.2 Å². The number of nitrogens with zero attached hydrogens (tertiary/aromatic N) is 3. The molecule has 0 bridgehead atoms. The molecule has 2 aromatic carbocycles. The first-order chi connectivity index (χ1) is 16.4. The van der Waals surface area contributed by atoms with Crippen molar-refractivity contribution < 1.29 is 4.79 Å². The van der Waals surface area contributed by atoms with Gasteiger partial charge in [0, 0.05) is 18.0 Å². The summed E-state index contributed by atoms with van der Waals surface area (Å²) in [7, 11) is 0. The van der Waals surface area contributed by atoms with Crippen LogP contribution in [0.2, 0.25) is 5.02 Å². The Morgan fingerprint density at radius 1 is 1.03 bits per heavy atom. The zero-order chi connectivity index (χ0) is 24.7. The monoisotopic (exact) mass is 481 g/mol. The Bertz CT molecular complexity index is 1150. The quantitative estimate of drug-likeness (QED) is 0.278. The summed E-state index contributed by atoms with van der Waals surface area (Å²) in [6.07, 6.45) is 5.44. The van der Waals surface area contributed by atoms with Crippen LogP contribution in [0.25, 0.3) is 16.6 Å². The number of fused-ring (bicyclic) bond motifs is 1. The molecule has 1 unspecified atom stereocenters. The Kier molecular flexibility index (Phi) is 9.28. The normalized spacial score (nSPS) is 12.3. The maximum Gasteiger partial charge on any atom is 0.266 e. The molecule has 5 nitrogen and oxygen atoms in total. The number of aromatic nitrogens is 2. The summed E-state index contributed by atoms with van der Waals surface area (Å²) in [5.41, 5.74) is 1.21. The van der Waals surface area contributed by atoms with Gasteiger partial charge in [0.1, 0.15) is 5.82 Å². The molecule has 0 aliphatic heterocycles. The summed E-state index contributed by atoms with van der Waals surface area (Å²) in [5.74, 6) is 0.968. The third kappa shape index (κ3) is 6.06. The van der Waals surface area contributed by atoms with E-state index in [2.05, 4.69) is 27.7 Å². The van der Waals surface area contributed by atoms with Crippen molar-refractivity contribution in [3.05, 3.63) is 69.7 Å². The lowest BCUT2D eigenvalue weighted by Crippen LogP contribution is -2.39. The molecule has 6 heteroatoms. The summed E-state index contributed by atoms with van der Waals surface area (Å²) in [6, 6.07) is 14.3. The predicted molar refractivity (Wildman–Crippen MR) is 141 cm³/mol. The molecule has 1 aromatic heterocycles. The molecule has 1 heterocycles. The van der Waals surface area contributed by atoms with Crippen LogP contribution < -0.4 is 5.56 Å². The van der Waals surface area contributed by atoms with Crippen molar-refractivity contribution in [3.8, 4) is 5.69 Å². The van der Waals surface area contributed by atoms with Crippen molar-refractivity contribution in [2.75, 3.05) is 6.54 Å². The average molecular weight is 482 g/mol. The maximum absolute atomic E-state index is 13.7. The number of benzene rings is 2. The number of para-hydroxylation sites is 1. The van der Waals surface area contributed by atoms with Crippen LogP contribution in [0.5, 0.6) is 0 Å². The summed E-state index contributed by atoms with van der Waals surface area (Å²) in [4.78, 5) is 34.1. The highest BCUT2D eigenvalue weighted by atomic mass is 35.5. The fraction of sp³-hybridized carbons (Fsp3) is 0.464. The van der Waals surface area contributed by atoms with Gasteiger partial charge in [0.05, 0.1) is 22.6 Å². The molecule has 34 heavy (non-hydrogen) atoms. The maximum atomic E-state index is 13.7. The largest absolute Gasteiger partial charge is 0.332 e. The highest BCUT2D eigenvalue weighted by Crippen LogP contribution is 2.28. The van der Waals surface area contributed by atoms with Crippen LogP contribution in [0.3, 0.4) is 0 Å². The Balaban J connectivity index is 2.18. The van der Waals surface area contributed by atoms with Crippen LogP contribution in [0.1, 0.15) is 78.1 Å². The van der Waals surface area contributed by atoms with E-state index < -0.39 is 0 Å². The van der Waals surface area contributed by atoms with Crippen LogP contribution >= 0.6 is 11.6 Å². The third-order valence-corrected chi connectivity index (χ3v) is 6.36. The van der Waals surface area contributed by atoms with Gasteiger partial charge in [-0.1, -0.05) is 70.7 Å². The molecule has 182 valence electrons. The van der Waals surface area contributed by atoms with Gasteiger partial charge < -0.3 is 4.90 Å². The third-order valence-electron chi connectivity index (χ3n) is 6.10. The molecule has 0 spiro atoms. The lowest BCUT2D eigenvalue weighted by Gasteiger charge is -2.33. The number of hydrogen-bond acceptors (Lipinski definition) is 3. The van der Waals surface area contributed by atoms with E-state index in [4.69, 9.17) is 16.6 Å². The van der Waals surface area contributed by atoms with Crippen LogP contribution in [0.15, 0.2) is 53.3 Å². The molecule has 0 fully saturated rings. The second-order valence-corrected chi connectivity index (χ2v) is 9.71. The first-order valence-electron chi connectivity index (χ1n) is 12.4. The summed E-state index contributed by atoms with van der Waals surface area (Å²) >= 11 is 6.13. The number of amides is 1. The van der Waals surface area contributed by atoms with Crippen molar-refractivity contribution in [1.29, 1.82) is 0 Å². The second-order valence-electron chi connectivity index (χ2n) is 9.27. The average Bonchev–Trinajstić information content (AvgIpc) is 2.81. The van der Waals surface area contributed by atoms with Gasteiger partial charge >= 0.3 is 0 Å². The summed E-state index contributed by atoms with van der Waals surface area (Å²) < 4.78 is 1.66. The van der Waals surface area contributed by atoms with Crippen LogP contribution in [-0.4, -0.2) is 26.9 Å². The van der Waals surface area contributed by atoms with E-state index >= 15 is 0 Å². The van der Waals surface area contributed by atoms with Gasteiger partial charge in [0.2, 0.25) is 5.91 Å². The smallest absolute Gasteiger partial charge is 0.266 e. The molecule has 1 amide bonds. The summed E-state index contributed by atoms with van der Waals surface area (Å²) in [6.45, 7) is 9.02. The second kappa shape index (κ2) is 12.2. The molecule has 0 N–H and O–H groups in total. The molecule has 0 saturated carbocycles. The molecular weight excluding hydrogens is 446 g/mol. The lowest BCUT2D eigenvalue weighted by atomic mass is 10.0. The van der Waals surface area contributed by atoms with Crippen molar-refractivity contribution in [2.45, 2.75) is 72.3 Å². The van der Waals surface area contributed by atoms with Gasteiger partial charge in [0.15, 0.2) is 0 Å². The Morgan fingerprint density at radius 2 is 1.74 bits per heavy atom. The number of halogens is 1. The van der Waals surface area contributed by atoms with E-state index in [0.29, 0.717) is 46.8 Å². The zero-order valence-electron chi connectivity index (χ0n) is 20.8. The fourth-order valence-corrected chi connectivity index (χ4v) is 4.51. The van der Waals surface area contributed by atoms with E-state index in [0.717, 1.165) is 25.7 Å². The highest BCUT2D eigenvalue weighted by molar-refractivity contribution is 6.30. The molecule has 3 rings (SSSR count). The number of carbonyl (C=O) groups excluding carboxylic acids is 1. The summed E-state index contributed by atoms with van der Waals surface area (Å²) in [5, 5.41) is 1.16. The Labute approximate surface area is 207 Å². The van der Waals surface area contributed by atoms with E-state index in [1.54, 1.807) is 22.8 Å². The van der Waals surface area contributed by atoms with Crippen molar-refractivity contribution in [2.24, 2.45) is 5.92 Å². The molecular formula is C28H36ClN3O2. The van der Waals surface area contributed by atoms with Crippen molar-refractivity contribution in [3.63, 3.8) is 0 Å². The van der Waals surface area contributed by atoms with Gasteiger partial charge in [-0.3, -0.25) is 14.2 Å². The molecule has 0 aliphatic rings. The van der Waals surface area contributed by atoms with Crippen LogP contribution in [-0.2, 0) is 4.79 Å². The first kappa shape index (κ1) is 26.0. The van der Waals surface area contributed by atoms with Crippen LogP contribution in [0.4, 0.5) is 0 Å². The minimum atomic E-state index is -0.305. The fourth-order valence-electron chi connectivity index (χ4n) is 4.39. The van der Waals surface area contributed by atoms with E-state index in [-0.39, 0.29) is 23.4 Å². The van der Waals surface area contributed by atoms with Gasteiger partial charge in [-0.2, -0.15) is 0 Å². The predicted octanol–water partition coefficient (Wildman–Crippen LogP) is 6.95. The number of rotatable bonds is 11. The molecule has 3 aromatic rings. The SMILES string of the molecule is CCCCCCN(C(=O)CC(C)C)C(CC)c1nc2ccccc2c(=O)n1-c1ccc(Cl)cc1. The van der Waals surface area contributed by atoms with E-state index in [1.807, 2.05) is 35.2 Å². The molecule has 0 saturated heterocycles. The minimum absolute atomic E-state index is 0.114. The standard InChI is InChI=1S/C28H36ClN3O2/c1-5-7-8-11-18-31(26(33)19-20(3)4)25(6-2)27-30-24-13-10-9-12-23(24)28(34)32(27)22-16-14-21(29)15-17-22/h9-10,12-17,20,25H,5-8,11,18-19H2,1-4H3. The van der Waals surface area contributed by atoms with Crippen molar-refractivity contribution in [1.82, 2.24) is 14.5 Å². The Morgan fingerprint density at radius 3 is 2.38 bits per heavy atom. The first-order valence-corrected chi connectivity index (χ1v) is 12.8.